The molecule has 0 aliphatic heterocycles. The Morgan fingerprint density at radius 1 is 1.32 bits per heavy atom. The van der Waals surface area contributed by atoms with E-state index in [9.17, 15) is 0 Å². The first kappa shape index (κ1) is 14.2. The number of nitrogens with zero attached hydrogens (tertiary/aromatic N) is 2. The molecule has 19 heavy (non-hydrogen) atoms. The van der Waals surface area contributed by atoms with Gasteiger partial charge in [0.1, 0.15) is 0 Å². The summed E-state index contributed by atoms with van der Waals surface area (Å²) in [6.07, 6.45) is 0.627. The van der Waals surface area contributed by atoms with Gasteiger partial charge in [-0.3, -0.25) is 0 Å². The first-order chi connectivity index (χ1) is 8.88. The maximum absolute atomic E-state index is 6.10. The van der Waals surface area contributed by atoms with Crippen LogP contribution in [0.2, 0.25) is 0 Å². The molecule has 0 bridgehead atoms. The van der Waals surface area contributed by atoms with Gasteiger partial charge in [-0.2, -0.15) is 4.98 Å². The van der Waals surface area contributed by atoms with Crippen LogP contribution in [0.3, 0.4) is 0 Å². The summed E-state index contributed by atoms with van der Waals surface area (Å²) >= 11 is 3.51. The number of nitrogens with two attached hydrogens (primary N) is 1. The van der Waals surface area contributed by atoms with Crippen molar-refractivity contribution in [2.45, 2.75) is 33.2 Å². The maximum atomic E-state index is 6.10. The summed E-state index contributed by atoms with van der Waals surface area (Å²) in [5, 5.41) is 4.00. The highest BCUT2D eigenvalue weighted by Gasteiger charge is 2.27. The van der Waals surface area contributed by atoms with Crippen LogP contribution in [0, 0.1) is 5.41 Å². The van der Waals surface area contributed by atoms with Crippen molar-refractivity contribution in [3.05, 3.63) is 46.0 Å². The molecule has 5 heteroatoms. The van der Waals surface area contributed by atoms with E-state index in [2.05, 4.69) is 46.8 Å². The molecule has 1 unspecified atom stereocenters. The van der Waals surface area contributed by atoms with E-state index in [1.807, 2.05) is 24.3 Å². The molecule has 0 saturated carbocycles. The molecule has 1 heterocycles. The van der Waals surface area contributed by atoms with Crippen molar-refractivity contribution in [3.63, 3.8) is 0 Å². The molecular formula is C14H18BrN3O. The normalized spacial score (nSPS) is 13.5. The Hall–Kier alpha value is -1.20. The van der Waals surface area contributed by atoms with E-state index in [0.29, 0.717) is 18.1 Å². The van der Waals surface area contributed by atoms with Crippen molar-refractivity contribution in [1.82, 2.24) is 10.1 Å². The third kappa shape index (κ3) is 3.42. The van der Waals surface area contributed by atoms with Gasteiger partial charge in [0.05, 0.1) is 6.04 Å². The van der Waals surface area contributed by atoms with Crippen LogP contribution in [0.5, 0.6) is 0 Å². The lowest BCUT2D eigenvalue weighted by molar-refractivity contribution is 0.252. The topological polar surface area (TPSA) is 64.9 Å². The molecule has 4 nitrogen and oxygen atoms in total. The highest BCUT2D eigenvalue weighted by atomic mass is 79.9. The number of hydrogen-bond acceptors (Lipinski definition) is 4. The van der Waals surface area contributed by atoms with Crippen LogP contribution >= 0.6 is 15.9 Å². The van der Waals surface area contributed by atoms with Crippen LogP contribution in [0.4, 0.5) is 0 Å². The van der Waals surface area contributed by atoms with Gasteiger partial charge in [-0.1, -0.05) is 60.1 Å². The number of hydrogen-bond donors (Lipinski definition) is 1. The quantitative estimate of drug-likeness (QED) is 0.939. The molecule has 0 amide bonds. The van der Waals surface area contributed by atoms with E-state index >= 15 is 0 Å². The van der Waals surface area contributed by atoms with Crippen LogP contribution in [0.1, 0.15) is 44.1 Å². The molecule has 0 radical (unpaired) electrons. The van der Waals surface area contributed by atoms with Gasteiger partial charge < -0.3 is 10.3 Å². The van der Waals surface area contributed by atoms with Gasteiger partial charge in [-0.05, 0) is 17.0 Å². The fourth-order valence-electron chi connectivity index (χ4n) is 1.65. The molecule has 1 aromatic heterocycles. The van der Waals surface area contributed by atoms with Crippen LogP contribution in [0.15, 0.2) is 33.3 Å². The van der Waals surface area contributed by atoms with Gasteiger partial charge in [-0.25, -0.2) is 0 Å². The Morgan fingerprint density at radius 3 is 2.63 bits per heavy atom. The van der Waals surface area contributed by atoms with Crippen molar-refractivity contribution < 1.29 is 4.52 Å². The van der Waals surface area contributed by atoms with E-state index in [0.717, 1.165) is 10.0 Å². The molecule has 0 fully saturated rings. The zero-order valence-electron chi connectivity index (χ0n) is 11.4. The number of benzene rings is 1. The van der Waals surface area contributed by atoms with Crippen LogP contribution in [-0.4, -0.2) is 10.1 Å². The number of rotatable bonds is 3. The summed E-state index contributed by atoms with van der Waals surface area (Å²) in [6, 6.07) is 7.74. The summed E-state index contributed by atoms with van der Waals surface area (Å²) < 4.78 is 6.31. The Bertz CT molecular complexity index is 560. The summed E-state index contributed by atoms with van der Waals surface area (Å²) in [6.45, 7) is 6.15. The Morgan fingerprint density at radius 2 is 2.00 bits per heavy atom. The van der Waals surface area contributed by atoms with Crippen molar-refractivity contribution in [2.24, 2.45) is 11.1 Å². The molecule has 1 aromatic carbocycles. The molecule has 1 atom stereocenters. The average molecular weight is 324 g/mol. The molecule has 0 aliphatic carbocycles. The predicted molar refractivity (Wildman–Crippen MR) is 77.6 cm³/mol. The summed E-state index contributed by atoms with van der Waals surface area (Å²) in [5.41, 5.74) is 7.13. The molecular weight excluding hydrogens is 306 g/mol. The fraction of sp³-hybridized carbons (Fsp3) is 0.429. The maximum Gasteiger partial charge on any atom is 0.244 e. The molecule has 2 rings (SSSR count). The lowest BCUT2D eigenvalue weighted by Crippen LogP contribution is -2.26. The molecule has 0 aliphatic rings. The van der Waals surface area contributed by atoms with Crippen LogP contribution < -0.4 is 5.73 Å². The Kier molecular flexibility index (Phi) is 4.06. The van der Waals surface area contributed by atoms with E-state index in [1.54, 1.807) is 0 Å². The largest absolute Gasteiger partial charge is 0.338 e. The van der Waals surface area contributed by atoms with E-state index in [-0.39, 0.29) is 11.5 Å². The first-order valence-corrected chi connectivity index (χ1v) is 6.98. The summed E-state index contributed by atoms with van der Waals surface area (Å²) in [4.78, 5) is 4.39. The van der Waals surface area contributed by atoms with Gasteiger partial charge in [0, 0.05) is 10.9 Å². The zero-order chi connectivity index (χ0) is 14.0. The van der Waals surface area contributed by atoms with Gasteiger partial charge in [-0.15, -0.1) is 0 Å². The second-order valence-electron chi connectivity index (χ2n) is 5.66. The zero-order valence-corrected chi connectivity index (χ0v) is 12.9. The fourth-order valence-corrected chi connectivity index (χ4v) is 2.07. The van der Waals surface area contributed by atoms with Gasteiger partial charge >= 0.3 is 0 Å². The molecule has 102 valence electrons. The molecule has 0 spiro atoms. The van der Waals surface area contributed by atoms with Crippen molar-refractivity contribution >= 4 is 15.9 Å². The van der Waals surface area contributed by atoms with Gasteiger partial charge in [0.15, 0.2) is 5.82 Å². The minimum atomic E-state index is -0.257. The lowest BCUT2D eigenvalue weighted by Gasteiger charge is -2.23. The van der Waals surface area contributed by atoms with Crippen molar-refractivity contribution in [3.8, 4) is 0 Å². The Balaban J connectivity index is 2.16. The number of halogens is 1. The Labute approximate surface area is 121 Å². The summed E-state index contributed by atoms with van der Waals surface area (Å²) in [7, 11) is 0. The van der Waals surface area contributed by atoms with E-state index in [1.165, 1.54) is 0 Å². The standard InChI is InChI=1S/C14H18BrN3O/c1-14(2,3)12(16)13-17-11(18-19-13)8-9-6-4-5-7-10(9)15/h4-7,12H,8,16H2,1-3H3. The first-order valence-electron chi connectivity index (χ1n) is 6.19. The minimum absolute atomic E-state index is 0.100. The third-order valence-electron chi connectivity index (χ3n) is 2.99. The smallest absolute Gasteiger partial charge is 0.244 e. The van der Waals surface area contributed by atoms with Crippen LogP contribution in [0.25, 0.3) is 0 Å². The van der Waals surface area contributed by atoms with E-state index in [4.69, 9.17) is 10.3 Å². The highest BCUT2D eigenvalue weighted by molar-refractivity contribution is 9.10. The van der Waals surface area contributed by atoms with Crippen LogP contribution in [-0.2, 0) is 6.42 Å². The van der Waals surface area contributed by atoms with Crippen molar-refractivity contribution in [1.29, 1.82) is 0 Å². The lowest BCUT2D eigenvalue weighted by atomic mass is 9.87. The average Bonchev–Trinajstić information content (AvgIpc) is 2.78. The third-order valence-corrected chi connectivity index (χ3v) is 3.76. The molecule has 2 aromatic rings. The van der Waals surface area contributed by atoms with Crippen molar-refractivity contribution in [2.75, 3.05) is 0 Å². The number of aromatic nitrogens is 2. The second-order valence-corrected chi connectivity index (χ2v) is 6.52. The predicted octanol–water partition coefficient (Wildman–Crippen LogP) is 3.47. The molecule has 2 N–H and O–H groups in total. The SMILES string of the molecule is CC(C)(C)C(N)c1nc(Cc2ccccc2Br)no1. The van der Waals surface area contributed by atoms with E-state index < -0.39 is 0 Å². The highest BCUT2D eigenvalue weighted by Crippen LogP contribution is 2.29. The van der Waals surface area contributed by atoms with Gasteiger partial charge in [0.2, 0.25) is 5.89 Å². The monoisotopic (exact) mass is 323 g/mol. The van der Waals surface area contributed by atoms with Gasteiger partial charge in [0.25, 0.3) is 0 Å². The summed E-state index contributed by atoms with van der Waals surface area (Å²) in [5.74, 6) is 1.15. The minimum Gasteiger partial charge on any atom is -0.338 e. The second kappa shape index (κ2) is 5.43. The molecule has 0 saturated heterocycles.